The first-order valence-electron chi connectivity index (χ1n) is 12.4. The summed E-state index contributed by atoms with van der Waals surface area (Å²) in [7, 11) is 1.66. The molecule has 7 heteroatoms. The van der Waals surface area contributed by atoms with Crippen molar-refractivity contribution in [1.82, 2.24) is 5.32 Å². The summed E-state index contributed by atoms with van der Waals surface area (Å²) in [5.74, 6) is 1.35. The number of methoxy groups -OCH3 is 1. The molecule has 0 unspecified atom stereocenters. The van der Waals surface area contributed by atoms with Gasteiger partial charge in [-0.3, -0.25) is 4.79 Å². The first-order chi connectivity index (χ1) is 16.3. The highest BCUT2D eigenvalue weighted by atomic mass is 16.6. The number of nitrogens with one attached hydrogen (secondary N) is 1. The zero-order valence-electron chi connectivity index (χ0n) is 22.2. The molecule has 0 aliphatic heterocycles. The summed E-state index contributed by atoms with van der Waals surface area (Å²) in [5.41, 5.74) is 1.01. The smallest absolute Gasteiger partial charge is 0.407 e. The Bertz CT molecular complexity index is 930. The summed E-state index contributed by atoms with van der Waals surface area (Å²) >= 11 is 0. The van der Waals surface area contributed by atoms with Gasteiger partial charge in [0.05, 0.1) is 20.3 Å². The van der Waals surface area contributed by atoms with E-state index in [9.17, 15) is 9.59 Å². The van der Waals surface area contributed by atoms with Crippen molar-refractivity contribution in [2.75, 3.05) is 20.3 Å². The first kappa shape index (κ1) is 27.1. The fourth-order valence-corrected chi connectivity index (χ4v) is 5.70. The third-order valence-corrected chi connectivity index (χ3v) is 6.72. The molecule has 0 radical (unpaired) electrons. The lowest BCUT2D eigenvalue weighted by Crippen LogP contribution is -2.55. The molecule has 3 rings (SSSR count). The van der Waals surface area contributed by atoms with Gasteiger partial charge in [-0.15, -0.1) is 0 Å². The van der Waals surface area contributed by atoms with Crippen molar-refractivity contribution in [3.8, 4) is 5.75 Å². The van der Waals surface area contributed by atoms with E-state index in [1.54, 1.807) is 7.11 Å². The van der Waals surface area contributed by atoms with Gasteiger partial charge in [0, 0.05) is 13.5 Å². The summed E-state index contributed by atoms with van der Waals surface area (Å²) in [6.45, 7) is 12.5. The van der Waals surface area contributed by atoms with Crippen LogP contribution in [0.25, 0.3) is 0 Å². The van der Waals surface area contributed by atoms with Crippen molar-refractivity contribution < 1.29 is 28.5 Å². The molecule has 194 valence electrons. The number of fused-ring (bicyclic) bond motifs is 1. The van der Waals surface area contributed by atoms with Crippen LogP contribution in [0.15, 0.2) is 35.9 Å². The van der Waals surface area contributed by atoms with Crippen molar-refractivity contribution in [1.29, 1.82) is 0 Å². The zero-order chi connectivity index (χ0) is 25.9. The van der Waals surface area contributed by atoms with Gasteiger partial charge in [-0.2, -0.15) is 0 Å². The molecule has 2 aliphatic rings. The minimum absolute atomic E-state index is 0.196. The molecular formula is C28H41NO6. The van der Waals surface area contributed by atoms with E-state index in [-0.39, 0.29) is 11.4 Å². The van der Waals surface area contributed by atoms with Gasteiger partial charge < -0.3 is 24.3 Å². The second kappa shape index (κ2) is 10.6. The van der Waals surface area contributed by atoms with Crippen LogP contribution in [0.3, 0.4) is 0 Å². The van der Waals surface area contributed by atoms with Crippen LogP contribution in [0.5, 0.6) is 5.75 Å². The Balaban J connectivity index is 1.64. The number of benzene rings is 1. The van der Waals surface area contributed by atoms with Gasteiger partial charge in [-0.25, -0.2) is 4.79 Å². The molecule has 0 heterocycles. The Labute approximate surface area is 209 Å². The summed E-state index contributed by atoms with van der Waals surface area (Å²) in [5, 5.41) is 2.99. The molecule has 3 atom stereocenters. The number of allylic oxidation sites excluding steroid dienone is 1. The lowest BCUT2D eigenvalue weighted by Gasteiger charge is -2.55. The van der Waals surface area contributed by atoms with E-state index >= 15 is 0 Å². The van der Waals surface area contributed by atoms with Gasteiger partial charge in [0.1, 0.15) is 17.0 Å². The highest BCUT2D eigenvalue weighted by Crippen LogP contribution is 2.61. The molecule has 0 saturated heterocycles. The summed E-state index contributed by atoms with van der Waals surface area (Å²) in [6, 6.07) is 7.89. The average molecular weight is 488 g/mol. The lowest BCUT2D eigenvalue weighted by atomic mass is 9.52. The number of esters is 1. The molecule has 2 aliphatic carbocycles. The molecule has 1 saturated carbocycles. The third kappa shape index (κ3) is 7.47. The number of ether oxygens (including phenoxy) is 4. The van der Waals surface area contributed by atoms with Crippen molar-refractivity contribution in [3.63, 3.8) is 0 Å². The average Bonchev–Trinajstić information content (AvgIpc) is 3.07. The standard InChI is InChI=1S/C28H41NO6/c1-19(30)34-27(5,6)17-28(18-29-25(31)35-26(2,3)4)14-22-12-21(13-24(22)28)16-33-15-20-8-10-23(32-7)11-9-20/h8-11,13,22,24H,12,14-18H2,1-7H3,(H,29,31)/t22-,24-,28-/m0/s1. The minimum Gasteiger partial charge on any atom is -0.497 e. The van der Waals surface area contributed by atoms with Crippen LogP contribution in [0, 0.1) is 17.3 Å². The topological polar surface area (TPSA) is 83.1 Å². The Hall–Kier alpha value is -2.54. The molecule has 0 aromatic heterocycles. The van der Waals surface area contributed by atoms with Crippen LogP contribution in [-0.2, 0) is 25.6 Å². The maximum absolute atomic E-state index is 12.4. The van der Waals surface area contributed by atoms with Crippen LogP contribution in [0.2, 0.25) is 0 Å². The Morgan fingerprint density at radius 2 is 1.74 bits per heavy atom. The zero-order valence-corrected chi connectivity index (χ0v) is 22.2. The van der Waals surface area contributed by atoms with Gasteiger partial charge >= 0.3 is 12.1 Å². The monoisotopic (exact) mass is 487 g/mol. The van der Waals surface area contributed by atoms with E-state index in [2.05, 4.69) is 11.4 Å². The molecule has 1 aromatic rings. The predicted octanol–water partition coefficient (Wildman–Crippen LogP) is 5.42. The highest BCUT2D eigenvalue weighted by Gasteiger charge is 2.57. The molecule has 0 bridgehead atoms. The maximum Gasteiger partial charge on any atom is 0.407 e. The van der Waals surface area contributed by atoms with Crippen LogP contribution < -0.4 is 10.1 Å². The fraction of sp³-hybridized carbons (Fsp3) is 0.643. The number of amides is 1. The quantitative estimate of drug-likeness (QED) is 0.350. The number of hydrogen-bond donors (Lipinski definition) is 1. The molecular weight excluding hydrogens is 446 g/mol. The van der Waals surface area contributed by atoms with Gasteiger partial charge in [0.15, 0.2) is 0 Å². The number of carbonyl (C=O) groups excluding carboxylic acids is 2. The number of rotatable bonds is 10. The van der Waals surface area contributed by atoms with E-state index in [4.69, 9.17) is 18.9 Å². The summed E-state index contributed by atoms with van der Waals surface area (Å²) < 4.78 is 22.3. The molecule has 7 nitrogen and oxygen atoms in total. The van der Waals surface area contributed by atoms with Crippen LogP contribution in [-0.4, -0.2) is 43.5 Å². The van der Waals surface area contributed by atoms with Crippen LogP contribution >= 0.6 is 0 Å². The molecule has 1 aromatic carbocycles. The highest BCUT2D eigenvalue weighted by molar-refractivity contribution is 5.68. The molecule has 1 amide bonds. The second-order valence-electron chi connectivity index (χ2n) is 11.6. The SMILES string of the molecule is COc1ccc(COCC2=C[C@H]3[C@@H](C2)C[C@@]3(CNC(=O)OC(C)(C)C)CC(C)(C)OC(C)=O)cc1. The van der Waals surface area contributed by atoms with Crippen LogP contribution in [0.1, 0.15) is 66.4 Å². The van der Waals surface area contributed by atoms with E-state index in [1.807, 2.05) is 58.9 Å². The maximum atomic E-state index is 12.4. The second-order valence-corrected chi connectivity index (χ2v) is 11.6. The summed E-state index contributed by atoms with van der Waals surface area (Å²) in [6.07, 6.45) is 4.51. The van der Waals surface area contributed by atoms with Gasteiger partial charge in [0.2, 0.25) is 0 Å². The molecule has 35 heavy (non-hydrogen) atoms. The van der Waals surface area contributed by atoms with Crippen molar-refractivity contribution in [2.24, 2.45) is 17.3 Å². The van der Waals surface area contributed by atoms with Crippen molar-refractivity contribution in [3.05, 3.63) is 41.5 Å². The van der Waals surface area contributed by atoms with Gasteiger partial charge in [0.25, 0.3) is 0 Å². The Kier molecular flexibility index (Phi) is 8.20. The van der Waals surface area contributed by atoms with Crippen molar-refractivity contribution in [2.45, 2.75) is 78.6 Å². The Morgan fingerprint density at radius 1 is 1.06 bits per heavy atom. The largest absolute Gasteiger partial charge is 0.497 e. The van der Waals surface area contributed by atoms with Gasteiger partial charge in [-0.1, -0.05) is 18.2 Å². The molecule has 1 fully saturated rings. The van der Waals surface area contributed by atoms with Crippen LogP contribution in [0.4, 0.5) is 4.79 Å². The summed E-state index contributed by atoms with van der Waals surface area (Å²) in [4.78, 5) is 24.1. The van der Waals surface area contributed by atoms with Gasteiger partial charge in [-0.05, 0) is 94.4 Å². The number of hydrogen-bond acceptors (Lipinski definition) is 6. The van der Waals surface area contributed by atoms with E-state index < -0.39 is 17.3 Å². The third-order valence-electron chi connectivity index (χ3n) is 6.72. The first-order valence-corrected chi connectivity index (χ1v) is 12.4. The van der Waals surface area contributed by atoms with E-state index in [1.165, 1.54) is 12.5 Å². The predicted molar refractivity (Wildman–Crippen MR) is 134 cm³/mol. The van der Waals surface area contributed by atoms with E-state index in [0.717, 1.165) is 24.2 Å². The van der Waals surface area contributed by atoms with Crippen molar-refractivity contribution >= 4 is 12.1 Å². The lowest BCUT2D eigenvalue weighted by molar-refractivity contribution is -0.161. The normalized spacial score (nSPS) is 23.6. The number of alkyl carbamates (subject to hydrolysis) is 1. The molecule has 0 spiro atoms. The van der Waals surface area contributed by atoms with E-state index in [0.29, 0.717) is 38.0 Å². The Morgan fingerprint density at radius 3 is 2.34 bits per heavy atom. The number of carbonyl (C=O) groups is 2. The fourth-order valence-electron chi connectivity index (χ4n) is 5.70. The molecule has 1 N–H and O–H groups in total. The minimum atomic E-state index is -0.631.